The van der Waals surface area contributed by atoms with Gasteiger partial charge in [0.2, 0.25) is 5.91 Å². The van der Waals surface area contributed by atoms with Gasteiger partial charge >= 0.3 is 6.18 Å². The third-order valence-corrected chi connectivity index (χ3v) is 2.42. The van der Waals surface area contributed by atoms with Crippen LogP contribution in [0.5, 0.6) is 0 Å². The lowest BCUT2D eigenvalue weighted by atomic mass is 10.1. The average molecular weight is 291 g/mol. The lowest BCUT2D eigenvalue weighted by Crippen LogP contribution is -2.24. The van der Waals surface area contributed by atoms with E-state index in [1.807, 2.05) is 0 Å². The maximum absolute atomic E-state index is 12.2. The minimum atomic E-state index is -4.38. The Kier molecular flexibility index (Phi) is 4.53. The van der Waals surface area contributed by atoms with Gasteiger partial charge < -0.3 is 11.1 Å². The van der Waals surface area contributed by atoms with E-state index in [-0.39, 0.29) is 11.3 Å². The standard InChI is InChI=1S/C11H12F3N3O3/c1-6(5-11(12,13)14)16-8-3-2-7(10(15)18)4-9(8)17(19)20/h2-4,6,16H,5H2,1H3,(H2,15,18). The van der Waals surface area contributed by atoms with Gasteiger partial charge in [-0.1, -0.05) is 0 Å². The second-order valence-corrected chi connectivity index (χ2v) is 4.22. The zero-order valence-corrected chi connectivity index (χ0v) is 10.4. The Hall–Kier alpha value is -2.32. The SMILES string of the molecule is CC(CC(F)(F)F)Nc1ccc(C(N)=O)cc1[N+](=O)[O-]. The Morgan fingerprint density at radius 2 is 2.10 bits per heavy atom. The van der Waals surface area contributed by atoms with Crippen LogP contribution in [0.3, 0.4) is 0 Å². The number of nitrogens with zero attached hydrogens (tertiary/aromatic N) is 1. The quantitative estimate of drug-likeness (QED) is 0.643. The molecule has 0 aromatic heterocycles. The molecule has 0 saturated heterocycles. The number of amides is 1. The highest BCUT2D eigenvalue weighted by Gasteiger charge is 2.30. The Morgan fingerprint density at radius 3 is 2.55 bits per heavy atom. The Labute approximate surface area is 111 Å². The molecule has 1 amide bonds. The number of nitro groups is 1. The van der Waals surface area contributed by atoms with E-state index in [4.69, 9.17) is 5.73 Å². The number of hydrogen-bond donors (Lipinski definition) is 2. The lowest BCUT2D eigenvalue weighted by molar-refractivity contribution is -0.384. The van der Waals surface area contributed by atoms with Crippen molar-refractivity contribution in [3.8, 4) is 0 Å². The molecule has 20 heavy (non-hydrogen) atoms. The fourth-order valence-corrected chi connectivity index (χ4v) is 1.62. The fraction of sp³-hybridized carbons (Fsp3) is 0.364. The first kappa shape index (κ1) is 15.7. The summed E-state index contributed by atoms with van der Waals surface area (Å²) in [4.78, 5) is 21.0. The molecule has 1 unspecified atom stereocenters. The molecular formula is C11H12F3N3O3. The summed E-state index contributed by atoms with van der Waals surface area (Å²) >= 11 is 0. The van der Waals surface area contributed by atoms with Gasteiger partial charge in [0.15, 0.2) is 0 Å². The number of alkyl halides is 3. The van der Waals surface area contributed by atoms with Crippen LogP contribution < -0.4 is 11.1 Å². The molecule has 0 radical (unpaired) electrons. The van der Waals surface area contributed by atoms with E-state index in [0.29, 0.717) is 0 Å². The number of carbonyl (C=O) groups is 1. The maximum atomic E-state index is 12.2. The number of hydrogen-bond acceptors (Lipinski definition) is 4. The number of nitrogens with one attached hydrogen (secondary N) is 1. The zero-order chi connectivity index (χ0) is 15.5. The number of rotatable bonds is 5. The van der Waals surface area contributed by atoms with E-state index in [0.717, 1.165) is 12.1 Å². The summed E-state index contributed by atoms with van der Waals surface area (Å²) < 4.78 is 36.6. The molecule has 1 aromatic carbocycles. The van der Waals surface area contributed by atoms with Crippen LogP contribution in [0.15, 0.2) is 18.2 Å². The van der Waals surface area contributed by atoms with Gasteiger partial charge in [0.25, 0.3) is 5.69 Å². The molecule has 6 nitrogen and oxygen atoms in total. The van der Waals surface area contributed by atoms with Crippen molar-refractivity contribution in [2.24, 2.45) is 5.73 Å². The molecule has 1 rings (SSSR count). The number of nitrogens with two attached hydrogens (primary N) is 1. The van der Waals surface area contributed by atoms with Gasteiger partial charge in [0.1, 0.15) is 5.69 Å². The molecule has 0 heterocycles. The van der Waals surface area contributed by atoms with Crippen molar-refractivity contribution >= 4 is 17.3 Å². The number of carbonyl (C=O) groups excluding carboxylic acids is 1. The fourth-order valence-electron chi connectivity index (χ4n) is 1.62. The van der Waals surface area contributed by atoms with Crippen molar-refractivity contribution in [3.63, 3.8) is 0 Å². The van der Waals surface area contributed by atoms with E-state index in [2.05, 4.69) is 5.32 Å². The molecule has 0 aliphatic heterocycles. The highest BCUT2D eigenvalue weighted by molar-refractivity contribution is 5.94. The zero-order valence-electron chi connectivity index (χ0n) is 10.4. The summed E-state index contributed by atoms with van der Waals surface area (Å²) in [5, 5.41) is 13.3. The monoisotopic (exact) mass is 291 g/mol. The van der Waals surface area contributed by atoms with Crippen LogP contribution in [0.25, 0.3) is 0 Å². The Morgan fingerprint density at radius 1 is 1.50 bits per heavy atom. The molecule has 3 N–H and O–H groups in total. The van der Waals surface area contributed by atoms with Crippen LogP contribution >= 0.6 is 0 Å². The first-order chi connectivity index (χ1) is 9.10. The maximum Gasteiger partial charge on any atom is 0.391 e. The highest BCUT2D eigenvalue weighted by atomic mass is 19.4. The largest absolute Gasteiger partial charge is 0.391 e. The number of benzene rings is 1. The molecule has 110 valence electrons. The van der Waals surface area contributed by atoms with Gasteiger partial charge in [-0.3, -0.25) is 14.9 Å². The summed E-state index contributed by atoms with van der Waals surface area (Å²) in [5.74, 6) is -0.858. The van der Waals surface area contributed by atoms with E-state index in [1.54, 1.807) is 0 Å². The second-order valence-electron chi connectivity index (χ2n) is 4.22. The molecule has 0 fully saturated rings. The van der Waals surface area contributed by atoms with Crippen molar-refractivity contribution in [2.45, 2.75) is 25.6 Å². The second kappa shape index (κ2) is 5.76. The molecule has 0 aliphatic rings. The predicted octanol–water partition coefficient (Wildman–Crippen LogP) is 2.45. The van der Waals surface area contributed by atoms with Gasteiger partial charge in [0.05, 0.1) is 11.3 Å². The number of anilines is 1. The normalized spacial score (nSPS) is 12.8. The first-order valence-corrected chi connectivity index (χ1v) is 5.51. The lowest BCUT2D eigenvalue weighted by Gasteiger charge is -2.17. The first-order valence-electron chi connectivity index (χ1n) is 5.51. The minimum Gasteiger partial charge on any atom is -0.377 e. The summed E-state index contributed by atoms with van der Waals surface area (Å²) in [6.07, 6.45) is -5.52. The molecule has 0 aliphatic carbocycles. The Bertz CT molecular complexity index is 531. The molecule has 9 heteroatoms. The molecule has 1 atom stereocenters. The van der Waals surface area contributed by atoms with Gasteiger partial charge in [-0.2, -0.15) is 13.2 Å². The highest BCUT2D eigenvalue weighted by Crippen LogP contribution is 2.28. The van der Waals surface area contributed by atoms with Crippen molar-refractivity contribution in [2.75, 3.05) is 5.32 Å². The smallest absolute Gasteiger partial charge is 0.377 e. The minimum absolute atomic E-state index is 0.0919. The predicted molar refractivity (Wildman–Crippen MR) is 65.4 cm³/mol. The summed E-state index contributed by atoms with van der Waals surface area (Å²) in [7, 11) is 0. The summed E-state index contributed by atoms with van der Waals surface area (Å²) in [6, 6.07) is 2.24. The van der Waals surface area contributed by atoms with Crippen LogP contribution in [-0.2, 0) is 0 Å². The molecule has 0 bridgehead atoms. The van der Waals surface area contributed by atoms with E-state index in [1.165, 1.54) is 13.0 Å². The average Bonchev–Trinajstić information content (AvgIpc) is 2.25. The van der Waals surface area contributed by atoms with Crippen LogP contribution in [0.2, 0.25) is 0 Å². The number of primary amides is 1. The van der Waals surface area contributed by atoms with E-state index < -0.39 is 35.2 Å². The van der Waals surface area contributed by atoms with Crippen LogP contribution in [0.1, 0.15) is 23.7 Å². The van der Waals surface area contributed by atoms with Crippen molar-refractivity contribution in [3.05, 3.63) is 33.9 Å². The third-order valence-electron chi connectivity index (χ3n) is 2.42. The van der Waals surface area contributed by atoms with E-state index in [9.17, 15) is 28.1 Å². The molecule has 0 saturated carbocycles. The van der Waals surface area contributed by atoms with Crippen LogP contribution in [0, 0.1) is 10.1 Å². The van der Waals surface area contributed by atoms with Gasteiger partial charge in [-0.25, -0.2) is 0 Å². The van der Waals surface area contributed by atoms with Crippen molar-refractivity contribution < 1.29 is 22.9 Å². The molecule has 0 spiro atoms. The van der Waals surface area contributed by atoms with Crippen LogP contribution in [0.4, 0.5) is 24.5 Å². The van der Waals surface area contributed by atoms with Gasteiger partial charge in [-0.05, 0) is 19.1 Å². The van der Waals surface area contributed by atoms with Crippen LogP contribution in [-0.4, -0.2) is 23.0 Å². The van der Waals surface area contributed by atoms with Gasteiger partial charge in [0, 0.05) is 17.7 Å². The van der Waals surface area contributed by atoms with Gasteiger partial charge in [-0.15, -0.1) is 0 Å². The number of nitro benzene ring substituents is 1. The summed E-state index contributed by atoms with van der Waals surface area (Å²) in [5.41, 5.74) is 4.29. The molecule has 1 aromatic rings. The topological polar surface area (TPSA) is 98.3 Å². The van der Waals surface area contributed by atoms with Crippen molar-refractivity contribution in [1.29, 1.82) is 0 Å². The van der Waals surface area contributed by atoms with E-state index >= 15 is 0 Å². The Balaban J connectivity index is 3.00. The number of halogens is 3. The third kappa shape index (κ3) is 4.41. The summed E-state index contributed by atoms with van der Waals surface area (Å²) in [6.45, 7) is 1.25. The molecular weight excluding hydrogens is 279 g/mol. The van der Waals surface area contributed by atoms with Crippen molar-refractivity contribution in [1.82, 2.24) is 0 Å².